The maximum absolute atomic E-state index is 2.31. The summed E-state index contributed by atoms with van der Waals surface area (Å²) in [6.45, 7) is 13.5. The molecule has 0 radical (unpaired) electrons. The summed E-state index contributed by atoms with van der Waals surface area (Å²) < 4.78 is 0. The maximum atomic E-state index is 2.31. The minimum atomic E-state index is 0. The molecule has 0 atom stereocenters. The van der Waals surface area contributed by atoms with Gasteiger partial charge < -0.3 is 0 Å². The fourth-order valence-corrected chi connectivity index (χ4v) is 2.33. The first kappa shape index (κ1) is 24.4. The van der Waals surface area contributed by atoms with Crippen molar-refractivity contribution in [1.82, 2.24) is 0 Å². The molecule has 23 heavy (non-hydrogen) atoms. The van der Waals surface area contributed by atoms with Crippen LogP contribution in [-0.4, -0.2) is 0 Å². The summed E-state index contributed by atoms with van der Waals surface area (Å²) in [5.74, 6) is 0. The van der Waals surface area contributed by atoms with Crippen LogP contribution in [0.2, 0.25) is 0 Å². The molecule has 0 aliphatic carbocycles. The SMILES string of the molecule is C.C.CC(C)(C)c1ccc(-c2cccc(C(C)(C)C)c2)cc1.[W]. The van der Waals surface area contributed by atoms with Crippen LogP contribution in [0.3, 0.4) is 0 Å². The Kier molecular flexibility index (Phi) is 9.36. The van der Waals surface area contributed by atoms with Crippen molar-refractivity contribution < 1.29 is 21.1 Å². The van der Waals surface area contributed by atoms with Gasteiger partial charge in [-0.25, -0.2) is 0 Å². The van der Waals surface area contributed by atoms with Gasteiger partial charge in [0.15, 0.2) is 0 Å². The molecule has 0 aliphatic heterocycles. The van der Waals surface area contributed by atoms with E-state index in [-0.39, 0.29) is 46.7 Å². The normalized spacial score (nSPS) is 10.9. The summed E-state index contributed by atoms with van der Waals surface area (Å²) in [5.41, 5.74) is 5.78. The van der Waals surface area contributed by atoms with Gasteiger partial charge in [0.1, 0.15) is 0 Å². The summed E-state index contributed by atoms with van der Waals surface area (Å²) in [4.78, 5) is 0. The zero-order chi connectivity index (χ0) is 15.0. The fraction of sp³-hybridized carbons (Fsp3) is 0.455. The van der Waals surface area contributed by atoms with Gasteiger partial charge in [-0.2, -0.15) is 0 Å². The Morgan fingerprint density at radius 1 is 0.565 bits per heavy atom. The van der Waals surface area contributed by atoms with E-state index in [1.54, 1.807) is 0 Å². The van der Waals surface area contributed by atoms with Gasteiger partial charge in [0, 0.05) is 21.1 Å². The quantitative estimate of drug-likeness (QED) is 0.403. The molecule has 0 aromatic heterocycles. The van der Waals surface area contributed by atoms with Gasteiger partial charge in [-0.3, -0.25) is 0 Å². The van der Waals surface area contributed by atoms with E-state index in [2.05, 4.69) is 90.1 Å². The molecular weight excluding hydrogens is 448 g/mol. The molecule has 0 aliphatic rings. The van der Waals surface area contributed by atoms with Gasteiger partial charge in [-0.15, -0.1) is 0 Å². The predicted octanol–water partition coefficient (Wildman–Crippen LogP) is 7.22. The van der Waals surface area contributed by atoms with Crippen LogP contribution in [0.15, 0.2) is 48.5 Å². The second-order valence-electron chi connectivity index (χ2n) is 7.66. The largest absolute Gasteiger partial charge is 0.0776 e. The Bertz CT molecular complexity index is 581. The smallest absolute Gasteiger partial charge is 0 e. The summed E-state index contributed by atoms with van der Waals surface area (Å²) in [5, 5.41) is 0. The monoisotopic (exact) mass is 482 g/mol. The van der Waals surface area contributed by atoms with Crippen LogP contribution in [-0.2, 0) is 31.9 Å². The fourth-order valence-electron chi connectivity index (χ4n) is 2.33. The minimum absolute atomic E-state index is 0. The average Bonchev–Trinajstić information content (AvgIpc) is 2.37. The van der Waals surface area contributed by atoms with Crippen LogP contribution < -0.4 is 0 Å². The molecule has 0 unspecified atom stereocenters. The van der Waals surface area contributed by atoms with Gasteiger partial charge in [0.25, 0.3) is 0 Å². The molecule has 0 heterocycles. The standard InChI is InChI=1S/C20H26.2CH4.W/c1-19(2,3)17-12-10-15(11-13-17)16-8-7-9-18(14-16)20(4,5)6;;;/h7-14H,1-6H3;2*1H4;. The van der Waals surface area contributed by atoms with E-state index in [4.69, 9.17) is 0 Å². The van der Waals surface area contributed by atoms with Crippen molar-refractivity contribution in [3.05, 3.63) is 59.7 Å². The zero-order valence-corrected chi connectivity index (χ0v) is 17.0. The molecule has 0 saturated heterocycles. The van der Waals surface area contributed by atoms with E-state index in [1.807, 2.05) is 0 Å². The van der Waals surface area contributed by atoms with Crippen molar-refractivity contribution >= 4 is 0 Å². The molecule has 2 aromatic carbocycles. The molecule has 0 saturated carbocycles. The minimum Gasteiger partial charge on any atom is -0.0776 e. The van der Waals surface area contributed by atoms with Crippen molar-refractivity contribution in [2.75, 3.05) is 0 Å². The van der Waals surface area contributed by atoms with E-state index in [0.29, 0.717) is 0 Å². The summed E-state index contributed by atoms with van der Waals surface area (Å²) >= 11 is 0. The van der Waals surface area contributed by atoms with Crippen LogP contribution in [0.4, 0.5) is 0 Å². The van der Waals surface area contributed by atoms with Gasteiger partial charge >= 0.3 is 0 Å². The third-order valence-corrected chi connectivity index (χ3v) is 3.81. The molecule has 2 aromatic rings. The predicted molar refractivity (Wildman–Crippen MR) is 103 cm³/mol. The summed E-state index contributed by atoms with van der Waals surface area (Å²) in [6, 6.07) is 17.9. The van der Waals surface area contributed by atoms with Crippen molar-refractivity contribution in [1.29, 1.82) is 0 Å². The molecule has 0 amide bonds. The molecule has 0 N–H and O–H groups in total. The van der Waals surface area contributed by atoms with Gasteiger partial charge in [-0.05, 0) is 33.1 Å². The average molecular weight is 482 g/mol. The Morgan fingerprint density at radius 3 is 1.48 bits per heavy atom. The molecule has 0 spiro atoms. The second-order valence-corrected chi connectivity index (χ2v) is 7.66. The molecule has 0 fully saturated rings. The Balaban J connectivity index is 0. The summed E-state index contributed by atoms with van der Waals surface area (Å²) in [6.07, 6.45) is 0. The first-order valence-electron chi connectivity index (χ1n) is 7.39. The van der Waals surface area contributed by atoms with Crippen molar-refractivity contribution in [3.8, 4) is 11.1 Å². The van der Waals surface area contributed by atoms with E-state index < -0.39 is 0 Å². The molecular formula is C22H34W. The van der Waals surface area contributed by atoms with Crippen LogP contribution in [0.25, 0.3) is 11.1 Å². The Labute approximate surface area is 159 Å². The topological polar surface area (TPSA) is 0 Å². The second kappa shape index (κ2) is 8.83. The van der Waals surface area contributed by atoms with Gasteiger partial charge in [0.2, 0.25) is 0 Å². The van der Waals surface area contributed by atoms with Crippen molar-refractivity contribution in [3.63, 3.8) is 0 Å². The van der Waals surface area contributed by atoms with Gasteiger partial charge in [0.05, 0.1) is 0 Å². The van der Waals surface area contributed by atoms with Crippen LogP contribution in [0, 0.1) is 0 Å². The van der Waals surface area contributed by atoms with E-state index in [9.17, 15) is 0 Å². The first-order valence-corrected chi connectivity index (χ1v) is 7.39. The number of benzene rings is 2. The van der Waals surface area contributed by atoms with Crippen molar-refractivity contribution in [2.45, 2.75) is 67.2 Å². The maximum Gasteiger partial charge on any atom is 0 e. The van der Waals surface area contributed by atoms with Crippen LogP contribution >= 0.6 is 0 Å². The van der Waals surface area contributed by atoms with E-state index >= 15 is 0 Å². The number of hydrogen-bond acceptors (Lipinski definition) is 0. The molecule has 1 heteroatoms. The first-order chi connectivity index (χ1) is 9.18. The molecule has 2 rings (SSSR count). The summed E-state index contributed by atoms with van der Waals surface area (Å²) in [7, 11) is 0. The van der Waals surface area contributed by atoms with Crippen LogP contribution in [0.1, 0.15) is 67.5 Å². The Morgan fingerprint density at radius 2 is 1.04 bits per heavy atom. The third-order valence-electron chi connectivity index (χ3n) is 3.81. The van der Waals surface area contributed by atoms with E-state index in [0.717, 1.165) is 0 Å². The van der Waals surface area contributed by atoms with Gasteiger partial charge in [-0.1, -0.05) is 105 Å². The van der Waals surface area contributed by atoms with Crippen LogP contribution in [0.5, 0.6) is 0 Å². The molecule has 128 valence electrons. The molecule has 0 nitrogen and oxygen atoms in total. The number of rotatable bonds is 1. The molecule has 0 bridgehead atoms. The third kappa shape index (κ3) is 6.26. The van der Waals surface area contributed by atoms with Crippen molar-refractivity contribution in [2.24, 2.45) is 0 Å². The van der Waals surface area contributed by atoms with E-state index in [1.165, 1.54) is 22.3 Å². The number of hydrogen-bond donors (Lipinski definition) is 0. The zero-order valence-electron chi connectivity index (χ0n) is 14.0. The Hall–Kier alpha value is -0.872.